The summed E-state index contributed by atoms with van der Waals surface area (Å²) >= 11 is 6.25. The molecule has 4 heterocycles. The number of nitrogens with zero attached hydrogens (tertiary/aromatic N) is 4. The predicted octanol–water partition coefficient (Wildman–Crippen LogP) is 2.30. The maximum atomic E-state index is 13.1. The predicted molar refractivity (Wildman–Crippen MR) is 126 cm³/mol. The smallest absolute Gasteiger partial charge is 0.314 e. The molecule has 5 rings (SSSR count). The molecule has 2 saturated heterocycles. The third-order valence-corrected chi connectivity index (χ3v) is 8.10. The van der Waals surface area contributed by atoms with Crippen molar-refractivity contribution in [3.63, 3.8) is 0 Å². The molecule has 0 bridgehead atoms. The zero-order valence-corrected chi connectivity index (χ0v) is 20.5. The highest BCUT2D eigenvalue weighted by Gasteiger charge is 2.52. The summed E-state index contributed by atoms with van der Waals surface area (Å²) in [5.74, 6) is -0.841. The Labute approximate surface area is 211 Å². The Morgan fingerprint density at radius 3 is 2.64 bits per heavy atom. The third kappa shape index (κ3) is 4.99. The van der Waals surface area contributed by atoms with Crippen LogP contribution in [0.1, 0.15) is 23.6 Å². The maximum absolute atomic E-state index is 13.1. The topological polar surface area (TPSA) is 122 Å². The molecule has 2 atom stereocenters. The van der Waals surface area contributed by atoms with Crippen LogP contribution in [0.25, 0.3) is 11.5 Å². The van der Waals surface area contributed by atoms with Crippen molar-refractivity contribution in [2.75, 3.05) is 32.8 Å². The van der Waals surface area contributed by atoms with Crippen molar-refractivity contribution in [2.45, 2.75) is 24.5 Å². The molecule has 0 saturated carbocycles. The molecule has 2 N–H and O–H groups in total. The Kier molecular flexibility index (Phi) is 7.03. The maximum Gasteiger partial charge on any atom is 0.314 e. The van der Waals surface area contributed by atoms with Gasteiger partial charge in [-0.1, -0.05) is 23.7 Å². The number of halogens is 3. The number of hydrogen-bond donors (Lipinski definition) is 2. The van der Waals surface area contributed by atoms with Gasteiger partial charge in [-0.05, 0) is 29.8 Å². The van der Waals surface area contributed by atoms with E-state index in [2.05, 4.69) is 25.2 Å². The van der Waals surface area contributed by atoms with Crippen LogP contribution in [0.15, 0.2) is 47.0 Å². The van der Waals surface area contributed by atoms with E-state index in [1.807, 2.05) is 6.07 Å². The molecule has 3 aromatic rings. The van der Waals surface area contributed by atoms with Crippen LogP contribution in [0.4, 0.5) is 8.78 Å². The molecule has 2 aromatic heterocycles. The second-order valence-corrected chi connectivity index (χ2v) is 10.6. The van der Waals surface area contributed by atoms with E-state index in [0.29, 0.717) is 48.0 Å². The first-order valence-corrected chi connectivity index (χ1v) is 13.0. The Morgan fingerprint density at radius 2 is 2.03 bits per heavy atom. The van der Waals surface area contributed by atoms with Gasteiger partial charge in [0.15, 0.2) is 0 Å². The molecule has 2 fully saturated rings. The minimum Gasteiger partial charge on any atom is -0.415 e. The molecule has 192 valence electrons. The van der Waals surface area contributed by atoms with Gasteiger partial charge in [0.1, 0.15) is 5.60 Å². The van der Waals surface area contributed by atoms with Crippen LogP contribution in [-0.2, 0) is 27.0 Å². The summed E-state index contributed by atoms with van der Waals surface area (Å²) in [7, 11) is -3.75. The van der Waals surface area contributed by atoms with E-state index in [9.17, 15) is 17.2 Å². The minimum absolute atomic E-state index is 0.0737. The molecule has 14 heteroatoms. The van der Waals surface area contributed by atoms with Gasteiger partial charge in [0.05, 0.1) is 18.2 Å². The summed E-state index contributed by atoms with van der Waals surface area (Å²) in [4.78, 5) is 4.42. The van der Waals surface area contributed by atoms with Crippen LogP contribution in [0, 0.1) is 0 Å². The molecule has 10 nitrogen and oxygen atoms in total. The molecule has 1 aromatic carbocycles. The van der Waals surface area contributed by atoms with Gasteiger partial charge in [0.25, 0.3) is 16.1 Å². The van der Waals surface area contributed by atoms with Gasteiger partial charge in [-0.2, -0.15) is 26.2 Å². The van der Waals surface area contributed by atoms with Gasteiger partial charge in [-0.3, -0.25) is 4.98 Å². The molecule has 0 aliphatic carbocycles. The third-order valence-electron chi connectivity index (χ3n) is 6.23. The lowest BCUT2D eigenvalue weighted by Gasteiger charge is -2.50. The lowest BCUT2D eigenvalue weighted by Crippen LogP contribution is -2.66. The van der Waals surface area contributed by atoms with Gasteiger partial charge in [0, 0.05) is 49.5 Å². The molecule has 0 spiro atoms. The standard InChI is InChI=1S/C22H23ClF2N6O4S/c23-16-3-1-2-15(10-16)22(18(13-34-22)30-36(32,33)31-8-6-26-7-9-31)11-17-5-4-14(12-27-17)20-28-29-21(35-20)19(24)25/h1-5,10,12,18-19,26,30H,6-9,11,13H2. The first kappa shape index (κ1) is 25.1. The van der Waals surface area contributed by atoms with E-state index in [-0.39, 0.29) is 18.9 Å². The number of hydrogen-bond acceptors (Lipinski definition) is 8. The van der Waals surface area contributed by atoms with Crippen molar-refractivity contribution in [2.24, 2.45) is 0 Å². The molecule has 0 radical (unpaired) electrons. The molecule has 36 heavy (non-hydrogen) atoms. The zero-order chi connectivity index (χ0) is 25.3. The number of aromatic nitrogens is 3. The van der Waals surface area contributed by atoms with E-state index in [0.717, 1.165) is 0 Å². The number of benzene rings is 1. The van der Waals surface area contributed by atoms with E-state index >= 15 is 0 Å². The van der Waals surface area contributed by atoms with E-state index in [4.69, 9.17) is 20.8 Å². The van der Waals surface area contributed by atoms with Gasteiger partial charge >= 0.3 is 6.43 Å². The van der Waals surface area contributed by atoms with Crippen LogP contribution in [-0.4, -0.2) is 66.7 Å². The van der Waals surface area contributed by atoms with Crippen molar-refractivity contribution in [1.29, 1.82) is 0 Å². The van der Waals surface area contributed by atoms with Gasteiger partial charge in [-0.15, -0.1) is 10.2 Å². The monoisotopic (exact) mass is 540 g/mol. The highest BCUT2D eigenvalue weighted by Crippen LogP contribution is 2.42. The summed E-state index contributed by atoms with van der Waals surface area (Å²) < 4.78 is 67.0. The Balaban J connectivity index is 1.41. The molecule has 2 unspecified atom stereocenters. The molecular formula is C22H23ClF2N6O4S. The van der Waals surface area contributed by atoms with Gasteiger partial charge in [-0.25, -0.2) is 0 Å². The quantitative estimate of drug-likeness (QED) is 0.446. The van der Waals surface area contributed by atoms with Crippen LogP contribution in [0.2, 0.25) is 5.02 Å². The van der Waals surface area contributed by atoms with Crippen LogP contribution in [0.5, 0.6) is 0 Å². The number of nitrogens with one attached hydrogen (secondary N) is 2. The summed E-state index contributed by atoms with van der Waals surface area (Å²) in [5, 5.41) is 10.6. The fraction of sp³-hybridized carbons (Fsp3) is 0.409. The molecular weight excluding hydrogens is 518 g/mol. The highest BCUT2D eigenvalue weighted by molar-refractivity contribution is 7.87. The first-order chi connectivity index (χ1) is 17.3. The molecule has 2 aliphatic heterocycles. The number of pyridine rings is 1. The zero-order valence-electron chi connectivity index (χ0n) is 18.9. The van der Waals surface area contributed by atoms with Crippen LogP contribution >= 0.6 is 11.6 Å². The average molecular weight is 541 g/mol. The average Bonchev–Trinajstić information content (AvgIpc) is 3.37. The second kappa shape index (κ2) is 10.1. The second-order valence-electron chi connectivity index (χ2n) is 8.50. The number of alkyl halides is 2. The number of piperazine rings is 1. The highest BCUT2D eigenvalue weighted by atomic mass is 35.5. The van der Waals surface area contributed by atoms with Gasteiger partial charge in [0.2, 0.25) is 5.89 Å². The van der Waals surface area contributed by atoms with E-state index in [1.165, 1.54) is 10.5 Å². The molecule has 0 amide bonds. The Morgan fingerprint density at radius 1 is 1.22 bits per heavy atom. The van der Waals surface area contributed by atoms with Crippen LogP contribution < -0.4 is 10.0 Å². The lowest BCUT2D eigenvalue weighted by atomic mass is 9.78. The summed E-state index contributed by atoms with van der Waals surface area (Å²) in [6.45, 7) is 2.08. The van der Waals surface area contributed by atoms with Crippen molar-refractivity contribution < 1.29 is 26.4 Å². The minimum atomic E-state index is -3.75. The largest absolute Gasteiger partial charge is 0.415 e. The molecule has 2 aliphatic rings. The fourth-order valence-electron chi connectivity index (χ4n) is 4.31. The Hall–Kier alpha value is -2.55. The fourth-order valence-corrected chi connectivity index (χ4v) is 5.93. The van der Waals surface area contributed by atoms with Crippen molar-refractivity contribution in [3.8, 4) is 11.5 Å². The van der Waals surface area contributed by atoms with Crippen molar-refractivity contribution >= 4 is 21.8 Å². The number of rotatable bonds is 8. The van der Waals surface area contributed by atoms with E-state index in [1.54, 1.807) is 30.3 Å². The van der Waals surface area contributed by atoms with Gasteiger partial charge < -0.3 is 14.5 Å². The summed E-state index contributed by atoms with van der Waals surface area (Å²) in [6.07, 6.45) is -1.20. The number of ether oxygens (including phenoxy) is 1. The van der Waals surface area contributed by atoms with E-state index < -0.39 is 34.2 Å². The Bertz CT molecular complexity index is 1320. The summed E-state index contributed by atoms with van der Waals surface area (Å²) in [6, 6.07) is 9.80. The lowest BCUT2D eigenvalue weighted by molar-refractivity contribution is -0.179. The van der Waals surface area contributed by atoms with Crippen LogP contribution in [0.3, 0.4) is 0 Å². The first-order valence-electron chi connectivity index (χ1n) is 11.2. The van der Waals surface area contributed by atoms with Crippen molar-refractivity contribution in [1.82, 2.24) is 29.5 Å². The normalized spacial score (nSPS) is 23.1. The van der Waals surface area contributed by atoms with Crippen molar-refractivity contribution in [3.05, 3.63) is 64.8 Å². The SMILES string of the molecule is O=S(=O)(NC1COC1(Cc1ccc(-c2nnc(C(F)F)o2)cn1)c1cccc(Cl)c1)N1CCNCC1. The summed E-state index contributed by atoms with van der Waals surface area (Å²) in [5.41, 5.74) is 0.617.